The summed E-state index contributed by atoms with van der Waals surface area (Å²) in [6.45, 7) is 4.44. The highest BCUT2D eigenvalue weighted by atomic mass is 32.2. The summed E-state index contributed by atoms with van der Waals surface area (Å²) < 4.78 is 21.1. The van der Waals surface area contributed by atoms with Crippen LogP contribution in [0.4, 0.5) is 0 Å². The molecule has 2 fully saturated rings. The number of aliphatic carboxylic acids is 2. The summed E-state index contributed by atoms with van der Waals surface area (Å²) in [4.78, 5) is 38.3. The molecule has 9 nitrogen and oxygen atoms in total. The lowest BCUT2D eigenvalue weighted by atomic mass is 9.84. The fraction of sp³-hybridized carbons (Fsp3) is 0.615. The Kier molecular flexibility index (Phi) is 17.8. The van der Waals surface area contributed by atoms with Gasteiger partial charge in [0.1, 0.15) is 15.9 Å². The third-order valence-corrected chi connectivity index (χ3v) is 12.5. The van der Waals surface area contributed by atoms with Crippen LogP contribution in [0.3, 0.4) is 0 Å². The zero-order valence-electron chi connectivity index (χ0n) is 30.9. The number of hydrogen-bond donors (Lipinski definition) is 3. The normalized spacial score (nSPS) is 19.5. The molecule has 1 amide bonds. The Hall–Kier alpha value is -2.54. The highest BCUT2D eigenvalue weighted by molar-refractivity contribution is 7.98. The highest BCUT2D eigenvalue weighted by Crippen LogP contribution is 2.37. The van der Waals surface area contributed by atoms with Crippen LogP contribution in [0, 0.1) is 18.8 Å². The molecule has 2 aromatic rings. The van der Waals surface area contributed by atoms with Crippen LogP contribution in [0.1, 0.15) is 92.6 Å². The number of aryl methyl sites for hydroxylation is 1. The Labute approximate surface area is 314 Å². The molecule has 1 heterocycles. The number of carbonyl (C=O) groups excluding carboxylic acids is 1. The van der Waals surface area contributed by atoms with Crippen molar-refractivity contribution >= 4 is 51.2 Å². The van der Waals surface area contributed by atoms with Gasteiger partial charge in [0.15, 0.2) is 0 Å². The first-order valence-corrected chi connectivity index (χ1v) is 23.0. The second kappa shape index (κ2) is 21.2. The van der Waals surface area contributed by atoms with Crippen LogP contribution in [0.5, 0.6) is 0 Å². The maximum Gasteiger partial charge on any atom is 0.326 e. The minimum Gasteiger partial charge on any atom is -0.481 e. The van der Waals surface area contributed by atoms with Crippen LogP contribution < -0.4 is 5.32 Å². The molecule has 1 aliphatic carbocycles. The van der Waals surface area contributed by atoms with Crippen molar-refractivity contribution < 1.29 is 33.0 Å². The van der Waals surface area contributed by atoms with Gasteiger partial charge in [0.2, 0.25) is 0 Å². The van der Waals surface area contributed by atoms with E-state index in [1.54, 1.807) is 11.8 Å². The van der Waals surface area contributed by atoms with E-state index < -0.39 is 33.7 Å². The van der Waals surface area contributed by atoms with Crippen LogP contribution in [0.25, 0.3) is 11.1 Å². The van der Waals surface area contributed by atoms with Crippen molar-refractivity contribution in [3.8, 4) is 11.1 Å². The van der Waals surface area contributed by atoms with Gasteiger partial charge in [-0.15, -0.1) is 0 Å². The monoisotopic (exact) mass is 762 g/mol. The molecule has 51 heavy (non-hydrogen) atoms. The number of carbonyl (C=O) groups is 3. The van der Waals surface area contributed by atoms with Gasteiger partial charge in [0.05, 0.1) is 11.7 Å². The van der Waals surface area contributed by atoms with Gasteiger partial charge in [-0.2, -0.15) is 23.5 Å². The van der Waals surface area contributed by atoms with Crippen molar-refractivity contribution in [3.05, 3.63) is 59.2 Å². The standard InChI is InChI=1S/C33H46N2O3S2.C6H12O4S/c1-23-9-7-8-12-28(23)30-20-25(13-16-29(30)32(36)34-31(33(37)38)17-18-39-2)21-35-26(14-15-27(35)22-40-3)19-24-10-5-4-6-11-24;1-5(6(7)8)3-4-11(2,9)10/h7-9,12-13,16,20,24,26-27,31H,4-6,10-11,14-15,17-19,21-22H2,1-3H3,(H,34,36)(H,37,38);5H,3-4H2,1-2H3,(H,7,8)/t26-,27?,31?;/m0./s1. The van der Waals surface area contributed by atoms with Crippen molar-refractivity contribution in [2.75, 3.05) is 36.0 Å². The smallest absolute Gasteiger partial charge is 0.326 e. The number of likely N-dealkylation sites (tertiary alicyclic amines) is 1. The number of hydrogen-bond acceptors (Lipinski definition) is 8. The Morgan fingerprint density at radius 3 is 2.20 bits per heavy atom. The second-order valence-electron chi connectivity index (χ2n) is 14.3. The number of sulfone groups is 1. The molecule has 2 aromatic carbocycles. The number of benzene rings is 2. The summed E-state index contributed by atoms with van der Waals surface area (Å²) in [7, 11) is -3.02. The third kappa shape index (κ3) is 14.1. The quantitative estimate of drug-likeness (QED) is 0.149. The van der Waals surface area contributed by atoms with Crippen LogP contribution in [-0.4, -0.2) is 95.5 Å². The highest BCUT2D eigenvalue weighted by Gasteiger charge is 2.35. The summed E-state index contributed by atoms with van der Waals surface area (Å²) in [5, 5.41) is 20.9. The zero-order valence-corrected chi connectivity index (χ0v) is 33.4. The summed E-state index contributed by atoms with van der Waals surface area (Å²) in [5.74, 6) is -0.214. The van der Waals surface area contributed by atoms with Crippen molar-refractivity contribution in [1.29, 1.82) is 0 Å². The number of carboxylic acids is 2. The van der Waals surface area contributed by atoms with Gasteiger partial charge in [0, 0.05) is 36.2 Å². The summed E-state index contributed by atoms with van der Waals surface area (Å²) in [6.07, 6.45) is 16.6. The maximum atomic E-state index is 13.5. The number of amides is 1. The molecular weight excluding hydrogens is 705 g/mol. The molecule has 1 aliphatic heterocycles. The van der Waals surface area contributed by atoms with E-state index >= 15 is 0 Å². The molecule has 12 heteroatoms. The first kappa shape index (κ1) is 42.9. The minimum absolute atomic E-state index is 0.0551. The molecule has 0 radical (unpaired) electrons. The third-order valence-electron chi connectivity index (χ3n) is 10.1. The number of thioether (sulfide) groups is 2. The molecule has 4 rings (SSSR count). The number of nitrogens with zero attached hydrogens (tertiary/aromatic N) is 1. The van der Waals surface area contributed by atoms with E-state index in [4.69, 9.17) is 5.11 Å². The molecule has 0 bridgehead atoms. The molecule has 1 saturated carbocycles. The Balaban J connectivity index is 0.000000551. The van der Waals surface area contributed by atoms with Gasteiger partial charge in [-0.1, -0.05) is 69.4 Å². The maximum absolute atomic E-state index is 13.5. The molecule has 284 valence electrons. The molecule has 4 atom stereocenters. The van der Waals surface area contributed by atoms with Crippen molar-refractivity contribution in [3.63, 3.8) is 0 Å². The lowest BCUT2D eigenvalue weighted by Gasteiger charge is -2.33. The first-order chi connectivity index (χ1) is 24.2. The van der Waals surface area contributed by atoms with Crippen molar-refractivity contribution in [1.82, 2.24) is 10.2 Å². The second-order valence-corrected chi connectivity index (χ2v) is 18.4. The van der Waals surface area contributed by atoms with Crippen LogP contribution in [0.2, 0.25) is 0 Å². The number of rotatable bonds is 17. The Bertz CT molecular complexity index is 1540. The molecule has 0 aromatic heterocycles. The minimum atomic E-state index is -3.02. The lowest BCUT2D eigenvalue weighted by molar-refractivity contribution is -0.141. The largest absolute Gasteiger partial charge is 0.481 e. The predicted molar refractivity (Wildman–Crippen MR) is 212 cm³/mol. The molecule has 3 N–H and O–H groups in total. The fourth-order valence-corrected chi connectivity index (χ4v) is 9.14. The summed E-state index contributed by atoms with van der Waals surface area (Å²) in [5.41, 5.74) is 4.75. The van der Waals surface area contributed by atoms with E-state index in [9.17, 15) is 27.9 Å². The summed E-state index contributed by atoms with van der Waals surface area (Å²) in [6, 6.07) is 14.6. The zero-order chi connectivity index (χ0) is 37.6. The van der Waals surface area contributed by atoms with E-state index in [2.05, 4.69) is 47.7 Å². The first-order valence-electron chi connectivity index (χ1n) is 18.1. The number of nitrogens with one attached hydrogen (secondary N) is 1. The van der Waals surface area contributed by atoms with E-state index in [1.165, 1.54) is 63.9 Å². The van der Waals surface area contributed by atoms with Gasteiger partial charge in [-0.05, 0) is 97.6 Å². The van der Waals surface area contributed by atoms with E-state index in [0.29, 0.717) is 29.8 Å². The van der Waals surface area contributed by atoms with Crippen LogP contribution >= 0.6 is 23.5 Å². The van der Waals surface area contributed by atoms with Crippen molar-refractivity contribution in [2.24, 2.45) is 11.8 Å². The molecule has 1 saturated heterocycles. The Morgan fingerprint density at radius 2 is 1.59 bits per heavy atom. The topological polar surface area (TPSA) is 141 Å². The van der Waals surface area contributed by atoms with E-state index in [-0.39, 0.29) is 18.1 Å². The van der Waals surface area contributed by atoms with Gasteiger partial charge in [-0.25, -0.2) is 13.2 Å². The lowest BCUT2D eigenvalue weighted by Crippen LogP contribution is -2.41. The molecular formula is C39H58N2O7S3. The Morgan fingerprint density at radius 1 is 0.902 bits per heavy atom. The van der Waals surface area contributed by atoms with Crippen LogP contribution in [-0.2, 0) is 26.0 Å². The fourth-order valence-electron chi connectivity index (χ4n) is 7.14. The SMILES string of the molecule is CC(CCS(C)(=O)=O)C(=O)O.CSCCC(NC(=O)c1ccc(CN2C(CSC)CC[C@H]2CC2CCCCC2)cc1-c1ccccc1C)C(=O)O. The molecule has 3 unspecified atom stereocenters. The summed E-state index contributed by atoms with van der Waals surface area (Å²) >= 11 is 3.52. The average molecular weight is 763 g/mol. The van der Waals surface area contributed by atoms with Gasteiger partial charge in [0.25, 0.3) is 5.91 Å². The molecule has 0 spiro atoms. The molecule has 2 aliphatic rings. The van der Waals surface area contributed by atoms with Gasteiger partial charge < -0.3 is 15.5 Å². The van der Waals surface area contributed by atoms with Gasteiger partial charge in [-0.3, -0.25) is 14.5 Å². The predicted octanol–water partition coefficient (Wildman–Crippen LogP) is 7.41. The van der Waals surface area contributed by atoms with E-state index in [0.717, 1.165) is 41.2 Å². The van der Waals surface area contributed by atoms with Gasteiger partial charge >= 0.3 is 11.9 Å². The van der Waals surface area contributed by atoms with Crippen LogP contribution in [0.15, 0.2) is 42.5 Å². The van der Waals surface area contributed by atoms with E-state index in [1.807, 2.05) is 36.2 Å². The number of carboxylic acid groups (broad SMARTS) is 2. The van der Waals surface area contributed by atoms with Crippen molar-refractivity contribution in [2.45, 2.75) is 103 Å². The average Bonchev–Trinajstić information content (AvgIpc) is 3.45.